The zero-order valence-electron chi connectivity index (χ0n) is 20.8. The Bertz CT molecular complexity index is 1210. The zero-order valence-corrected chi connectivity index (χ0v) is 21.6. The molecule has 3 atom stereocenters. The summed E-state index contributed by atoms with van der Waals surface area (Å²) in [4.78, 5) is 48.2. The number of carboxylic acids is 1. The van der Waals surface area contributed by atoms with Crippen LogP contribution in [0.15, 0.2) is 29.4 Å². The van der Waals surface area contributed by atoms with Crippen LogP contribution in [0.2, 0.25) is 0 Å². The molecule has 0 radical (unpaired) electrons. The minimum absolute atomic E-state index is 0.0136. The van der Waals surface area contributed by atoms with Gasteiger partial charge >= 0.3 is 5.97 Å². The van der Waals surface area contributed by atoms with Crippen LogP contribution >= 0.6 is 0 Å². The third-order valence-corrected chi connectivity index (χ3v) is 7.61. The lowest BCUT2D eigenvalue weighted by Crippen LogP contribution is -2.50. The summed E-state index contributed by atoms with van der Waals surface area (Å²) >= 11 is 0. The molecule has 0 saturated carbocycles. The standard InChI is InChI=1S/C23H32N6O7S/c1-13-9-14(2)20(15(3)10-13)37(34,35)29-17(22(32)33)12-26-21(31)18-11-16(28-36-18)5-4-6-19(30)27-23-24-7-8-25-23/h7-10,16-18,28-29H,4-6,11-12H2,1-3H3,(H,26,31)(H,32,33)(H2,24,25,27,30). The van der Waals surface area contributed by atoms with E-state index in [1.165, 1.54) is 6.20 Å². The molecule has 1 aromatic heterocycles. The number of imidazole rings is 1. The van der Waals surface area contributed by atoms with Crippen molar-refractivity contribution < 1.29 is 32.7 Å². The topological polar surface area (TPSA) is 192 Å². The molecule has 1 saturated heterocycles. The summed E-state index contributed by atoms with van der Waals surface area (Å²) in [5, 5.41) is 14.6. The van der Waals surface area contributed by atoms with Gasteiger partial charge in [0.25, 0.3) is 5.91 Å². The van der Waals surface area contributed by atoms with Gasteiger partial charge in [-0.25, -0.2) is 13.4 Å². The van der Waals surface area contributed by atoms with Crippen LogP contribution < -0.4 is 20.8 Å². The van der Waals surface area contributed by atoms with Crippen molar-refractivity contribution in [1.82, 2.24) is 25.5 Å². The van der Waals surface area contributed by atoms with E-state index in [0.717, 1.165) is 5.56 Å². The third kappa shape index (κ3) is 7.82. The summed E-state index contributed by atoms with van der Waals surface area (Å²) in [6, 6.07) is 1.65. The number of H-pyrrole nitrogens is 1. The van der Waals surface area contributed by atoms with Gasteiger partial charge in [-0.15, -0.1) is 0 Å². The first-order chi connectivity index (χ1) is 17.5. The monoisotopic (exact) mass is 536 g/mol. The summed E-state index contributed by atoms with van der Waals surface area (Å²) in [6.07, 6.45) is 3.94. The Morgan fingerprint density at radius 1 is 1.22 bits per heavy atom. The number of sulfonamides is 1. The summed E-state index contributed by atoms with van der Waals surface area (Å²) < 4.78 is 28.0. The quantitative estimate of drug-likeness (QED) is 0.226. The molecule has 37 heavy (non-hydrogen) atoms. The van der Waals surface area contributed by atoms with E-state index in [9.17, 15) is 27.9 Å². The highest BCUT2D eigenvalue weighted by Crippen LogP contribution is 2.22. The molecular formula is C23H32N6O7S. The third-order valence-electron chi connectivity index (χ3n) is 5.83. The van der Waals surface area contributed by atoms with E-state index in [4.69, 9.17) is 4.84 Å². The van der Waals surface area contributed by atoms with Crippen LogP contribution in [0.25, 0.3) is 0 Å². The number of anilines is 1. The van der Waals surface area contributed by atoms with Gasteiger partial charge in [0.1, 0.15) is 6.04 Å². The Labute approximate surface area is 214 Å². The lowest BCUT2D eigenvalue weighted by molar-refractivity contribution is -0.139. The molecular weight excluding hydrogens is 504 g/mol. The number of carbonyl (C=O) groups excluding carboxylic acids is 2. The van der Waals surface area contributed by atoms with Crippen LogP contribution in [-0.4, -0.2) is 66.0 Å². The molecule has 0 aliphatic carbocycles. The molecule has 14 heteroatoms. The molecule has 0 spiro atoms. The van der Waals surface area contributed by atoms with Crippen LogP contribution in [0.3, 0.4) is 0 Å². The number of aromatic nitrogens is 2. The highest BCUT2D eigenvalue weighted by molar-refractivity contribution is 7.89. The molecule has 2 amide bonds. The highest BCUT2D eigenvalue weighted by Gasteiger charge is 2.33. The van der Waals surface area contributed by atoms with Gasteiger partial charge < -0.3 is 15.4 Å². The van der Waals surface area contributed by atoms with Crippen LogP contribution in [0.5, 0.6) is 0 Å². The van der Waals surface area contributed by atoms with Crippen molar-refractivity contribution in [3.63, 3.8) is 0 Å². The number of nitrogens with zero attached hydrogens (tertiary/aromatic N) is 1. The predicted octanol–water partition coefficient (Wildman–Crippen LogP) is 0.654. The van der Waals surface area contributed by atoms with Crippen molar-refractivity contribution >= 4 is 33.8 Å². The van der Waals surface area contributed by atoms with Crippen molar-refractivity contribution in [3.8, 4) is 0 Å². The number of rotatable bonds is 12. The maximum atomic E-state index is 12.9. The number of carboxylic acid groups (broad SMARTS) is 1. The smallest absolute Gasteiger partial charge is 0.323 e. The minimum atomic E-state index is -4.16. The number of benzene rings is 1. The molecule has 1 aliphatic heterocycles. The molecule has 3 unspecified atom stereocenters. The van der Waals surface area contributed by atoms with Crippen molar-refractivity contribution in [1.29, 1.82) is 0 Å². The molecule has 13 nitrogen and oxygen atoms in total. The first kappa shape index (κ1) is 28.2. The fourth-order valence-corrected chi connectivity index (χ4v) is 5.88. The number of aryl methyl sites for hydroxylation is 3. The maximum Gasteiger partial charge on any atom is 0.323 e. The lowest BCUT2D eigenvalue weighted by atomic mass is 10.0. The fourth-order valence-electron chi connectivity index (χ4n) is 4.24. The van der Waals surface area contributed by atoms with Gasteiger partial charge in [0.05, 0.1) is 4.90 Å². The Hall–Kier alpha value is -3.33. The van der Waals surface area contributed by atoms with Gasteiger partial charge in [0.2, 0.25) is 21.9 Å². The number of aliphatic carboxylic acids is 1. The summed E-state index contributed by atoms with van der Waals surface area (Å²) in [6.45, 7) is 4.65. The minimum Gasteiger partial charge on any atom is -0.480 e. The predicted molar refractivity (Wildman–Crippen MR) is 133 cm³/mol. The Balaban J connectivity index is 1.47. The van der Waals surface area contributed by atoms with E-state index in [1.54, 1.807) is 32.2 Å². The number of hydrogen-bond donors (Lipinski definition) is 6. The van der Waals surface area contributed by atoms with Crippen molar-refractivity contribution in [2.75, 3.05) is 11.9 Å². The largest absolute Gasteiger partial charge is 0.480 e. The summed E-state index contributed by atoms with van der Waals surface area (Å²) in [5.41, 5.74) is 4.63. The first-order valence-corrected chi connectivity index (χ1v) is 13.3. The first-order valence-electron chi connectivity index (χ1n) is 11.8. The number of amides is 2. The molecule has 6 N–H and O–H groups in total. The normalized spacial score (nSPS) is 18.4. The van der Waals surface area contributed by atoms with Gasteiger partial charge in [-0.2, -0.15) is 10.2 Å². The van der Waals surface area contributed by atoms with Crippen LogP contribution in [0.1, 0.15) is 42.4 Å². The Kier molecular flexibility index (Phi) is 9.37. The van der Waals surface area contributed by atoms with E-state index >= 15 is 0 Å². The van der Waals surface area contributed by atoms with Crippen molar-refractivity contribution in [2.45, 2.75) is 69.5 Å². The number of hydroxylamine groups is 1. The van der Waals surface area contributed by atoms with Crippen LogP contribution in [-0.2, 0) is 29.2 Å². The Morgan fingerprint density at radius 3 is 2.54 bits per heavy atom. The molecule has 2 aromatic rings. The number of aromatic amines is 1. The number of hydrogen-bond acceptors (Lipinski definition) is 8. The molecule has 3 rings (SSSR count). The lowest BCUT2D eigenvalue weighted by Gasteiger charge is -2.19. The number of nitrogens with one attached hydrogen (secondary N) is 5. The van der Waals surface area contributed by atoms with Crippen LogP contribution in [0.4, 0.5) is 5.95 Å². The maximum absolute atomic E-state index is 12.9. The fraction of sp³-hybridized carbons (Fsp3) is 0.478. The molecule has 1 aromatic carbocycles. The van der Waals surface area contributed by atoms with Gasteiger partial charge in [-0.05, 0) is 44.7 Å². The van der Waals surface area contributed by atoms with E-state index in [1.807, 2.05) is 6.92 Å². The van der Waals surface area contributed by atoms with Crippen molar-refractivity contribution in [2.24, 2.45) is 0 Å². The second-order valence-electron chi connectivity index (χ2n) is 9.02. The number of carbonyl (C=O) groups is 3. The van der Waals surface area contributed by atoms with Crippen molar-refractivity contribution in [3.05, 3.63) is 41.2 Å². The summed E-state index contributed by atoms with van der Waals surface area (Å²) in [7, 11) is -4.16. The van der Waals surface area contributed by atoms with E-state index in [2.05, 4.69) is 30.8 Å². The Morgan fingerprint density at radius 2 is 1.92 bits per heavy atom. The molecule has 2 heterocycles. The molecule has 0 bridgehead atoms. The summed E-state index contributed by atoms with van der Waals surface area (Å²) in [5.74, 6) is -1.82. The average Bonchev–Trinajstić information content (AvgIpc) is 3.47. The van der Waals surface area contributed by atoms with E-state index in [0.29, 0.717) is 36.3 Å². The second kappa shape index (κ2) is 12.3. The van der Waals surface area contributed by atoms with E-state index in [-0.39, 0.29) is 23.3 Å². The SMILES string of the molecule is Cc1cc(C)c(S(=O)(=O)NC(CNC(=O)C2CC(CCCC(=O)Nc3ncc[nH]3)NO2)C(=O)O)c(C)c1. The van der Waals surface area contributed by atoms with Gasteiger partial charge in [-0.1, -0.05) is 17.7 Å². The van der Waals surface area contributed by atoms with Gasteiger partial charge in [0.15, 0.2) is 6.10 Å². The molecule has 1 aliphatic rings. The highest BCUT2D eigenvalue weighted by atomic mass is 32.2. The molecule has 1 fully saturated rings. The molecule has 202 valence electrons. The average molecular weight is 537 g/mol. The van der Waals surface area contributed by atoms with Crippen LogP contribution in [0, 0.1) is 20.8 Å². The zero-order chi connectivity index (χ0) is 27.2. The van der Waals surface area contributed by atoms with Gasteiger partial charge in [0, 0.05) is 37.8 Å². The van der Waals surface area contributed by atoms with Gasteiger partial charge in [-0.3, -0.25) is 24.5 Å². The second-order valence-corrected chi connectivity index (χ2v) is 10.7. The van der Waals surface area contributed by atoms with E-state index < -0.39 is 40.6 Å².